The van der Waals surface area contributed by atoms with E-state index in [-0.39, 0.29) is 6.10 Å². The van der Waals surface area contributed by atoms with Gasteiger partial charge in [0.2, 0.25) is 5.89 Å². The van der Waals surface area contributed by atoms with Gasteiger partial charge in [-0.2, -0.15) is 4.98 Å². The van der Waals surface area contributed by atoms with Gasteiger partial charge in [-0.05, 0) is 38.0 Å². The lowest BCUT2D eigenvalue weighted by Crippen LogP contribution is -2.42. The number of nitrogens with zero attached hydrogens (tertiary/aromatic N) is 2. The van der Waals surface area contributed by atoms with Crippen molar-refractivity contribution >= 4 is 0 Å². The smallest absolute Gasteiger partial charge is 0.229 e. The Bertz CT molecular complexity index is 442. The van der Waals surface area contributed by atoms with Gasteiger partial charge >= 0.3 is 0 Å². The van der Waals surface area contributed by atoms with Gasteiger partial charge in [0, 0.05) is 6.61 Å². The molecule has 0 spiro atoms. The first-order valence-electron chi connectivity index (χ1n) is 7.89. The Kier molecular flexibility index (Phi) is 4.08. The number of nitrogens with two attached hydrogens (primary N) is 1. The van der Waals surface area contributed by atoms with E-state index in [1.54, 1.807) is 0 Å². The lowest BCUT2D eigenvalue weighted by molar-refractivity contribution is 0.0124. The molecule has 0 amide bonds. The van der Waals surface area contributed by atoms with Crippen LogP contribution in [0.3, 0.4) is 0 Å². The third-order valence-electron chi connectivity index (χ3n) is 4.62. The van der Waals surface area contributed by atoms with E-state index in [1.165, 1.54) is 12.8 Å². The van der Waals surface area contributed by atoms with Crippen LogP contribution in [-0.4, -0.2) is 22.9 Å². The minimum Gasteiger partial charge on any atom is -0.378 e. The normalized spacial score (nSPS) is 35.1. The summed E-state index contributed by atoms with van der Waals surface area (Å²) in [5.74, 6) is 2.00. The maximum atomic E-state index is 6.50. The van der Waals surface area contributed by atoms with Crippen molar-refractivity contribution in [3.8, 4) is 0 Å². The van der Waals surface area contributed by atoms with E-state index < -0.39 is 5.54 Å². The monoisotopic (exact) mass is 279 g/mol. The Morgan fingerprint density at radius 3 is 2.95 bits per heavy atom. The Balaban J connectivity index is 1.66. The van der Waals surface area contributed by atoms with E-state index in [4.69, 9.17) is 15.0 Å². The van der Waals surface area contributed by atoms with Gasteiger partial charge in [0.1, 0.15) is 0 Å². The third-order valence-corrected chi connectivity index (χ3v) is 4.62. The van der Waals surface area contributed by atoms with Crippen LogP contribution in [0.15, 0.2) is 4.52 Å². The van der Waals surface area contributed by atoms with Crippen LogP contribution in [0.2, 0.25) is 0 Å². The van der Waals surface area contributed by atoms with Crippen LogP contribution >= 0.6 is 0 Å². The summed E-state index contributed by atoms with van der Waals surface area (Å²) in [6.07, 6.45) is 8.73. The molecule has 20 heavy (non-hydrogen) atoms. The summed E-state index contributed by atoms with van der Waals surface area (Å²) < 4.78 is 11.1. The van der Waals surface area contributed by atoms with Crippen LogP contribution in [0, 0.1) is 5.92 Å². The maximum Gasteiger partial charge on any atom is 0.229 e. The molecule has 3 rings (SSSR count). The number of rotatable bonds is 3. The number of hydrogen-bond acceptors (Lipinski definition) is 5. The van der Waals surface area contributed by atoms with Crippen LogP contribution in [0.4, 0.5) is 0 Å². The fraction of sp³-hybridized carbons (Fsp3) is 0.867. The van der Waals surface area contributed by atoms with Crippen molar-refractivity contribution in [3.63, 3.8) is 0 Å². The molecule has 1 aromatic rings. The van der Waals surface area contributed by atoms with E-state index in [2.05, 4.69) is 17.1 Å². The SMILES string of the molecule is CC1CCCC(N)(c2noc(CC3CCCCO3)n2)C1. The molecule has 0 aromatic carbocycles. The van der Waals surface area contributed by atoms with E-state index in [0.29, 0.717) is 17.6 Å². The predicted molar refractivity (Wildman–Crippen MR) is 75.1 cm³/mol. The minimum atomic E-state index is -0.396. The minimum absolute atomic E-state index is 0.232. The molecule has 2 heterocycles. The molecule has 0 radical (unpaired) electrons. The third kappa shape index (κ3) is 3.04. The Labute approximate surface area is 120 Å². The lowest BCUT2D eigenvalue weighted by atomic mass is 9.76. The second kappa shape index (κ2) is 5.82. The molecule has 1 aliphatic carbocycles. The largest absolute Gasteiger partial charge is 0.378 e. The molecular formula is C15H25N3O2. The molecule has 0 bridgehead atoms. The van der Waals surface area contributed by atoms with Crippen molar-refractivity contribution < 1.29 is 9.26 Å². The Hall–Kier alpha value is -0.940. The number of ether oxygens (including phenoxy) is 1. The van der Waals surface area contributed by atoms with Crippen LogP contribution in [0.25, 0.3) is 0 Å². The number of aromatic nitrogens is 2. The van der Waals surface area contributed by atoms with Crippen LogP contribution < -0.4 is 5.73 Å². The van der Waals surface area contributed by atoms with Crippen molar-refractivity contribution in [2.24, 2.45) is 11.7 Å². The van der Waals surface area contributed by atoms with Gasteiger partial charge in [0.25, 0.3) is 0 Å². The maximum absolute atomic E-state index is 6.50. The van der Waals surface area contributed by atoms with Gasteiger partial charge in [-0.3, -0.25) is 0 Å². The van der Waals surface area contributed by atoms with Crippen LogP contribution in [0.1, 0.15) is 63.6 Å². The van der Waals surface area contributed by atoms with Crippen LogP contribution in [0.5, 0.6) is 0 Å². The first-order valence-corrected chi connectivity index (χ1v) is 7.89. The van der Waals surface area contributed by atoms with Gasteiger partial charge < -0.3 is 15.0 Å². The summed E-state index contributed by atoms with van der Waals surface area (Å²) in [6, 6.07) is 0. The molecule has 5 heteroatoms. The van der Waals surface area contributed by atoms with Crippen molar-refractivity contribution in [2.45, 2.75) is 69.9 Å². The zero-order chi connectivity index (χ0) is 14.0. The Morgan fingerprint density at radius 1 is 1.30 bits per heavy atom. The van der Waals surface area contributed by atoms with Gasteiger partial charge in [-0.15, -0.1) is 0 Å². The summed E-state index contributed by atoms with van der Waals surface area (Å²) in [7, 11) is 0. The summed E-state index contributed by atoms with van der Waals surface area (Å²) in [5, 5.41) is 4.14. The Morgan fingerprint density at radius 2 is 2.20 bits per heavy atom. The zero-order valence-electron chi connectivity index (χ0n) is 12.3. The molecule has 1 aliphatic heterocycles. The average molecular weight is 279 g/mol. The summed E-state index contributed by atoms with van der Waals surface area (Å²) in [5.41, 5.74) is 6.11. The first-order chi connectivity index (χ1) is 9.66. The summed E-state index contributed by atoms with van der Waals surface area (Å²) in [4.78, 5) is 4.55. The van der Waals surface area contributed by atoms with E-state index >= 15 is 0 Å². The summed E-state index contributed by atoms with van der Waals surface area (Å²) >= 11 is 0. The predicted octanol–water partition coefficient (Wildman–Crippen LogP) is 2.55. The highest BCUT2D eigenvalue weighted by Gasteiger charge is 2.37. The van der Waals surface area contributed by atoms with Crippen molar-refractivity contribution in [3.05, 3.63) is 11.7 Å². The second-order valence-electron chi connectivity index (χ2n) is 6.56. The van der Waals surface area contributed by atoms with Gasteiger partial charge in [-0.25, -0.2) is 0 Å². The fourth-order valence-electron chi connectivity index (χ4n) is 3.50. The topological polar surface area (TPSA) is 74.2 Å². The quantitative estimate of drug-likeness (QED) is 0.920. The molecule has 3 atom stereocenters. The zero-order valence-corrected chi connectivity index (χ0v) is 12.3. The molecule has 2 N–H and O–H groups in total. The van der Waals surface area contributed by atoms with E-state index in [9.17, 15) is 0 Å². The molecule has 1 saturated heterocycles. The molecule has 1 saturated carbocycles. The van der Waals surface area contributed by atoms with Crippen molar-refractivity contribution in [2.75, 3.05) is 6.61 Å². The van der Waals surface area contributed by atoms with Gasteiger partial charge in [0.05, 0.1) is 18.1 Å². The van der Waals surface area contributed by atoms with Crippen molar-refractivity contribution in [1.29, 1.82) is 0 Å². The molecule has 3 unspecified atom stereocenters. The highest BCUT2D eigenvalue weighted by Crippen LogP contribution is 2.36. The molecule has 2 aliphatic rings. The molecule has 2 fully saturated rings. The van der Waals surface area contributed by atoms with Gasteiger partial charge in [0.15, 0.2) is 5.82 Å². The fourth-order valence-corrected chi connectivity index (χ4v) is 3.50. The summed E-state index contributed by atoms with van der Waals surface area (Å²) in [6.45, 7) is 3.10. The lowest BCUT2D eigenvalue weighted by Gasteiger charge is -2.33. The molecule has 5 nitrogen and oxygen atoms in total. The van der Waals surface area contributed by atoms with Gasteiger partial charge in [-0.1, -0.05) is 24.9 Å². The molecule has 112 valence electrons. The van der Waals surface area contributed by atoms with Crippen molar-refractivity contribution in [1.82, 2.24) is 10.1 Å². The number of hydrogen-bond donors (Lipinski definition) is 1. The first kappa shape index (κ1) is 14.0. The highest BCUT2D eigenvalue weighted by molar-refractivity contribution is 5.06. The average Bonchev–Trinajstić information content (AvgIpc) is 2.89. The molecular weight excluding hydrogens is 254 g/mol. The second-order valence-corrected chi connectivity index (χ2v) is 6.56. The van der Waals surface area contributed by atoms with Crippen LogP contribution in [-0.2, 0) is 16.7 Å². The van der Waals surface area contributed by atoms with E-state index in [1.807, 2.05) is 0 Å². The van der Waals surface area contributed by atoms with E-state index in [0.717, 1.165) is 45.1 Å². The standard InChI is InChI=1S/C15H25N3O2/c1-11-5-4-7-15(16,10-11)14-17-13(20-18-14)9-12-6-2-3-8-19-12/h11-12H,2-10,16H2,1H3. The molecule has 1 aromatic heterocycles. The highest BCUT2D eigenvalue weighted by atomic mass is 16.5.